The van der Waals surface area contributed by atoms with Crippen molar-refractivity contribution in [1.82, 2.24) is 10.2 Å². The molecule has 0 bridgehead atoms. The molecule has 2 rings (SSSR count). The second-order valence-corrected chi connectivity index (χ2v) is 5.91. The quantitative estimate of drug-likeness (QED) is 0.915. The molecule has 1 aliphatic heterocycles. The fraction of sp³-hybridized carbons (Fsp3) is 0.588. The third kappa shape index (κ3) is 3.83. The van der Waals surface area contributed by atoms with Crippen LogP contribution >= 0.6 is 0 Å². The molecule has 1 heterocycles. The van der Waals surface area contributed by atoms with E-state index in [0.717, 1.165) is 32.6 Å². The van der Waals surface area contributed by atoms with Crippen LogP contribution < -0.4 is 5.32 Å². The second-order valence-electron chi connectivity index (χ2n) is 5.91. The van der Waals surface area contributed by atoms with Crippen molar-refractivity contribution in [3.63, 3.8) is 0 Å². The SMILES string of the molecule is Cc1ccc(C(C)CCC(=O)N2CCNCC2)cc1C. The number of hydrogen-bond donors (Lipinski definition) is 1. The highest BCUT2D eigenvalue weighted by molar-refractivity contribution is 5.76. The van der Waals surface area contributed by atoms with Crippen LogP contribution in [0.2, 0.25) is 0 Å². The summed E-state index contributed by atoms with van der Waals surface area (Å²) in [6, 6.07) is 6.64. The van der Waals surface area contributed by atoms with Crippen LogP contribution in [0, 0.1) is 13.8 Å². The van der Waals surface area contributed by atoms with Gasteiger partial charge in [0.25, 0.3) is 0 Å². The first-order valence-electron chi connectivity index (χ1n) is 7.63. The lowest BCUT2D eigenvalue weighted by Gasteiger charge is -2.28. The normalized spacial score (nSPS) is 17.1. The zero-order chi connectivity index (χ0) is 14.5. The van der Waals surface area contributed by atoms with Crippen LogP contribution in [0.1, 0.15) is 42.4 Å². The minimum absolute atomic E-state index is 0.308. The standard InChI is InChI=1S/C17H26N2O/c1-13-4-6-16(12-15(13)3)14(2)5-7-17(20)19-10-8-18-9-11-19/h4,6,12,14,18H,5,7-11H2,1-3H3. The van der Waals surface area contributed by atoms with E-state index < -0.39 is 0 Å². The fourth-order valence-electron chi connectivity index (χ4n) is 2.65. The van der Waals surface area contributed by atoms with Crippen LogP contribution in [-0.4, -0.2) is 37.0 Å². The molecule has 110 valence electrons. The first-order valence-corrected chi connectivity index (χ1v) is 7.63. The number of nitrogens with one attached hydrogen (secondary N) is 1. The number of rotatable bonds is 4. The lowest BCUT2D eigenvalue weighted by molar-refractivity contribution is -0.131. The summed E-state index contributed by atoms with van der Waals surface area (Å²) >= 11 is 0. The first kappa shape index (κ1) is 15.0. The highest BCUT2D eigenvalue weighted by atomic mass is 16.2. The average Bonchev–Trinajstić information content (AvgIpc) is 2.48. The molecule has 1 unspecified atom stereocenters. The summed E-state index contributed by atoms with van der Waals surface area (Å²) in [5.74, 6) is 0.753. The minimum atomic E-state index is 0.308. The average molecular weight is 274 g/mol. The van der Waals surface area contributed by atoms with Gasteiger partial charge in [0, 0.05) is 32.6 Å². The van der Waals surface area contributed by atoms with Gasteiger partial charge in [0.05, 0.1) is 0 Å². The Kier molecular flexibility index (Phi) is 5.18. The van der Waals surface area contributed by atoms with E-state index in [2.05, 4.69) is 44.3 Å². The fourth-order valence-corrected chi connectivity index (χ4v) is 2.65. The molecule has 1 aromatic rings. The molecule has 20 heavy (non-hydrogen) atoms. The molecule has 3 nitrogen and oxygen atoms in total. The van der Waals surface area contributed by atoms with Gasteiger partial charge in [-0.2, -0.15) is 0 Å². The highest BCUT2D eigenvalue weighted by Gasteiger charge is 2.17. The smallest absolute Gasteiger partial charge is 0.222 e. The molecule has 1 amide bonds. The monoisotopic (exact) mass is 274 g/mol. The zero-order valence-electron chi connectivity index (χ0n) is 12.9. The van der Waals surface area contributed by atoms with Gasteiger partial charge in [-0.15, -0.1) is 0 Å². The van der Waals surface area contributed by atoms with E-state index in [4.69, 9.17) is 0 Å². The van der Waals surface area contributed by atoms with Gasteiger partial charge in [0.2, 0.25) is 5.91 Å². The van der Waals surface area contributed by atoms with Crippen molar-refractivity contribution in [1.29, 1.82) is 0 Å². The van der Waals surface area contributed by atoms with Gasteiger partial charge in [-0.1, -0.05) is 25.1 Å². The molecule has 1 aliphatic rings. The number of hydrogen-bond acceptors (Lipinski definition) is 2. The largest absolute Gasteiger partial charge is 0.340 e. The Labute approximate surface area is 122 Å². The van der Waals surface area contributed by atoms with Gasteiger partial charge in [-0.3, -0.25) is 4.79 Å². The molecule has 0 aromatic heterocycles. The van der Waals surface area contributed by atoms with Crippen molar-refractivity contribution >= 4 is 5.91 Å². The van der Waals surface area contributed by atoms with Gasteiger partial charge < -0.3 is 10.2 Å². The molecule has 1 N–H and O–H groups in total. The van der Waals surface area contributed by atoms with E-state index in [-0.39, 0.29) is 0 Å². The van der Waals surface area contributed by atoms with Gasteiger partial charge in [0.1, 0.15) is 0 Å². The van der Waals surface area contributed by atoms with Gasteiger partial charge >= 0.3 is 0 Å². The zero-order valence-corrected chi connectivity index (χ0v) is 12.9. The number of piperazine rings is 1. The number of carbonyl (C=O) groups is 1. The number of amides is 1. The van der Waals surface area contributed by atoms with Gasteiger partial charge in [-0.05, 0) is 42.9 Å². The van der Waals surface area contributed by atoms with Gasteiger partial charge in [0.15, 0.2) is 0 Å². The van der Waals surface area contributed by atoms with E-state index in [9.17, 15) is 4.79 Å². The van der Waals surface area contributed by atoms with Crippen LogP contribution in [0.25, 0.3) is 0 Å². The predicted molar refractivity (Wildman–Crippen MR) is 83.0 cm³/mol. The molecule has 0 aliphatic carbocycles. The third-order valence-corrected chi connectivity index (χ3v) is 4.36. The van der Waals surface area contributed by atoms with E-state index >= 15 is 0 Å². The maximum absolute atomic E-state index is 12.2. The van der Waals surface area contributed by atoms with E-state index in [1.54, 1.807) is 0 Å². The number of carbonyl (C=O) groups excluding carboxylic acids is 1. The predicted octanol–water partition coefficient (Wildman–Crippen LogP) is 2.62. The van der Waals surface area contributed by atoms with Crippen molar-refractivity contribution in [2.24, 2.45) is 0 Å². The Morgan fingerprint density at radius 2 is 1.95 bits per heavy atom. The Morgan fingerprint density at radius 1 is 1.25 bits per heavy atom. The van der Waals surface area contributed by atoms with Crippen LogP contribution in [0.15, 0.2) is 18.2 Å². The Hall–Kier alpha value is -1.35. The molecule has 0 spiro atoms. The summed E-state index contributed by atoms with van der Waals surface area (Å²) in [5, 5.41) is 3.28. The topological polar surface area (TPSA) is 32.3 Å². The van der Waals surface area contributed by atoms with Crippen molar-refractivity contribution < 1.29 is 4.79 Å². The molecule has 1 atom stereocenters. The Morgan fingerprint density at radius 3 is 2.60 bits per heavy atom. The lowest BCUT2D eigenvalue weighted by atomic mass is 9.93. The van der Waals surface area contributed by atoms with Crippen LogP contribution in [0.5, 0.6) is 0 Å². The van der Waals surface area contributed by atoms with Crippen LogP contribution in [-0.2, 0) is 4.79 Å². The Bertz CT molecular complexity index is 464. The lowest BCUT2D eigenvalue weighted by Crippen LogP contribution is -2.46. The summed E-state index contributed by atoms with van der Waals surface area (Å²) in [5.41, 5.74) is 4.02. The Balaban J connectivity index is 1.86. The molecule has 1 aromatic carbocycles. The van der Waals surface area contributed by atoms with Crippen molar-refractivity contribution in [3.05, 3.63) is 34.9 Å². The third-order valence-electron chi connectivity index (χ3n) is 4.36. The summed E-state index contributed by atoms with van der Waals surface area (Å²) in [7, 11) is 0. The van der Waals surface area contributed by atoms with Crippen molar-refractivity contribution in [2.45, 2.75) is 39.5 Å². The summed E-state index contributed by atoms with van der Waals surface area (Å²) in [4.78, 5) is 14.1. The summed E-state index contributed by atoms with van der Waals surface area (Å²) < 4.78 is 0. The molecule has 3 heteroatoms. The van der Waals surface area contributed by atoms with E-state index in [1.807, 2.05) is 4.90 Å². The minimum Gasteiger partial charge on any atom is -0.340 e. The van der Waals surface area contributed by atoms with Gasteiger partial charge in [-0.25, -0.2) is 0 Å². The summed E-state index contributed by atoms with van der Waals surface area (Å²) in [6.45, 7) is 10.1. The molecular formula is C17H26N2O. The maximum atomic E-state index is 12.2. The van der Waals surface area contributed by atoms with Crippen LogP contribution in [0.3, 0.4) is 0 Å². The molecule has 1 fully saturated rings. The molecule has 0 saturated carbocycles. The molecule has 1 saturated heterocycles. The highest BCUT2D eigenvalue weighted by Crippen LogP contribution is 2.23. The number of aryl methyl sites for hydroxylation is 2. The van der Waals surface area contributed by atoms with Crippen LogP contribution in [0.4, 0.5) is 0 Å². The molecule has 0 radical (unpaired) electrons. The maximum Gasteiger partial charge on any atom is 0.222 e. The summed E-state index contributed by atoms with van der Waals surface area (Å²) in [6.07, 6.45) is 1.60. The first-order chi connectivity index (χ1) is 9.58. The van der Waals surface area contributed by atoms with Crippen molar-refractivity contribution in [2.75, 3.05) is 26.2 Å². The van der Waals surface area contributed by atoms with E-state index in [1.165, 1.54) is 16.7 Å². The van der Waals surface area contributed by atoms with Crippen molar-refractivity contribution in [3.8, 4) is 0 Å². The second kappa shape index (κ2) is 6.89. The van der Waals surface area contributed by atoms with E-state index in [0.29, 0.717) is 18.2 Å². The number of nitrogens with zero attached hydrogens (tertiary/aromatic N) is 1. The molecular weight excluding hydrogens is 248 g/mol. The number of benzene rings is 1.